The summed E-state index contributed by atoms with van der Waals surface area (Å²) < 4.78 is 65.2. The highest BCUT2D eigenvalue weighted by Crippen LogP contribution is 2.38. The first-order chi connectivity index (χ1) is 22.3. The highest BCUT2D eigenvalue weighted by Gasteiger charge is 2.41. The maximum Gasteiger partial charge on any atom is 0.417 e. The second-order valence-electron chi connectivity index (χ2n) is 13.6. The van der Waals surface area contributed by atoms with Crippen LogP contribution < -0.4 is 10.6 Å². The summed E-state index contributed by atoms with van der Waals surface area (Å²) in [5.74, 6) is -0.279. The van der Waals surface area contributed by atoms with Gasteiger partial charge in [-0.25, -0.2) is 4.39 Å². The van der Waals surface area contributed by atoms with E-state index in [2.05, 4.69) is 32.2 Å². The van der Waals surface area contributed by atoms with Gasteiger partial charge in [0.1, 0.15) is 6.17 Å². The Morgan fingerprint density at radius 1 is 1.13 bits per heavy atom. The molecule has 1 aromatic carbocycles. The third-order valence-corrected chi connectivity index (χ3v) is 9.28. The predicted molar refractivity (Wildman–Crippen MR) is 176 cm³/mol. The first kappa shape index (κ1) is 34.8. The van der Waals surface area contributed by atoms with Gasteiger partial charge in [0, 0.05) is 66.7 Å². The molecule has 3 atom stereocenters. The average molecular weight is 659 g/mol. The van der Waals surface area contributed by atoms with E-state index >= 15 is 4.39 Å². The van der Waals surface area contributed by atoms with E-state index in [0.29, 0.717) is 79.2 Å². The minimum absolute atomic E-state index is 0.246. The molecule has 0 saturated carbocycles. The van der Waals surface area contributed by atoms with Crippen molar-refractivity contribution in [1.82, 2.24) is 25.0 Å². The normalized spacial score (nSPS) is 21.6. The molecule has 12 heteroatoms. The van der Waals surface area contributed by atoms with Gasteiger partial charge in [0.2, 0.25) is 0 Å². The number of rotatable bonds is 10. The van der Waals surface area contributed by atoms with E-state index in [-0.39, 0.29) is 23.2 Å². The van der Waals surface area contributed by atoms with Crippen LogP contribution in [-0.4, -0.2) is 82.3 Å². The highest BCUT2D eigenvalue weighted by atomic mass is 19.4. The van der Waals surface area contributed by atoms with Crippen molar-refractivity contribution >= 4 is 27.9 Å². The first-order valence-electron chi connectivity index (χ1n) is 16.5. The molecule has 0 aliphatic carbocycles. The van der Waals surface area contributed by atoms with Crippen LogP contribution >= 0.6 is 0 Å². The van der Waals surface area contributed by atoms with Crippen molar-refractivity contribution in [3.8, 4) is 0 Å². The Balaban J connectivity index is 1.34. The van der Waals surface area contributed by atoms with Gasteiger partial charge in [-0.2, -0.15) is 18.3 Å². The number of hydrogen-bond donors (Lipinski definition) is 2. The van der Waals surface area contributed by atoms with Crippen LogP contribution in [-0.2, 0) is 16.7 Å². The molecule has 0 spiro atoms. The number of ether oxygens (including phenoxy) is 1. The van der Waals surface area contributed by atoms with Crippen LogP contribution in [0.15, 0.2) is 43.2 Å². The fraction of sp³-hybridized carbons (Fsp3) is 0.571. The van der Waals surface area contributed by atoms with Gasteiger partial charge < -0.3 is 15.4 Å². The van der Waals surface area contributed by atoms with E-state index < -0.39 is 24.0 Å². The minimum atomic E-state index is -4.68. The van der Waals surface area contributed by atoms with Crippen LogP contribution in [0.4, 0.5) is 23.2 Å². The van der Waals surface area contributed by atoms with Crippen molar-refractivity contribution in [3.05, 3.63) is 60.2 Å². The molecule has 2 aliphatic rings. The topological polar surface area (TPSA) is 84.3 Å². The van der Waals surface area contributed by atoms with Crippen LogP contribution in [0.25, 0.3) is 16.3 Å². The molecule has 2 fully saturated rings. The van der Waals surface area contributed by atoms with Crippen molar-refractivity contribution < 1.29 is 27.1 Å². The molecule has 5 rings (SSSR count). The number of anilines is 1. The minimum Gasteiger partial charge on any atom is -0.381 e. The first-order valence-corrected chi connectivity index (χ1v) is 16.5. The molecular formula is C35H46F4N6O2. The Morgan fingerprint density at radius 2 is 1.87 bits per heavy atom. The number of hydrogen-bond acceptors (Lipinski definition) is 6. The zero-order valence-electron chi connectivity index (χ0n) is 27.7. The number of fused-ring (bicyclic) bond motifs is 1. The number of aromatic nitrogens is 3. The molecule has 4 heterocycles. The third kappa shape index (κ3) is 7.97. The number of alkyl halides is 4. The van der Waals surface area contributed by atoms with Gasteiger partial charge in [-0.15, -0.1) is 0 Å². The number of amides is 1. The molecule has 2 aliphatic heterocycles. The number of allylic oxidation sites excluding steroid dienone is 1. The zero-order valence-corrected chi connectivity index (χ0v) is 27.7. The molecule has 2 saturated heterocycles. The maximum atomic E-state index is 16.1. The molecule has 1 unspecified atom stereocenters. The number of benzene rings is 1. The smallest absolute Gasteiger partial charge is 0.381 e. The Hall–Kier alpha value is -3.51. The van der Waals surface area contributed by atoms with Crippen LogP contribution in [0.1, 0.15) is 81.5 Å². The summed E-state index contributed by atoms with van der Waals surface area (Å²) in [6.07, 6.45) is 1.12. The van der Waals surface area contributed by atoms with Crippen LogP contribution in [0, 0.1) is 0 Å². The summed E-state index contributed by atoms with van der Waals surface area (Å²) >= 11 is 0. The van der Waals surface area contributed by atoms with Crippen LogP contribution in [0.5, 0.6) is 0 Å². The fourth-order valence-corrected chi connectivity index (χ4v) is 6.67. The molecule has 2 N–H and O–H groups in total. The van der Waals surface area contributed by atoms with Crippen LogP contribution in [0.3, 0.4) is 0 Å². The Labute approximate surface area is 273 Å². The predicted octanol–water partition coefficient (Wildman–Crippen LogP) is 6.91. The van der Waals surface area contributed by atoms with E-state index in [9.17, 15) is 18.0 Å². The lowest BCUT2D eigenvalue weighted by Gasteiger charge is -2.47. The lowest BCUT2D eigenvalue weighted by molar-refractivity contribution is -0.0688. The van der Waals surface area contributed by atoms with Gasteiger partial charge in [-0.3, -0.25) is 19.4 Å². The molecule has 0 bridgehead atoms. The Bertz CT molecular complexity index is 1560. The number of pyridine rings is 1. The van der Waals surface area contributed by atoms with Gasteiger partial charge in [-0.05, 0) is 71.4 Å². The number of carbonyl (C=O) groups is 1. The van der Waals surface area contributed by atoms with Gasteiger partial charge in [0.25, 0.3) is 5.91 Å². The lowest BCUT2D eigenvalue weighted by Crippen LogP contribution is -2.58. The Kier molecular flexibility index (Phi) is 10.6. The number of piperidine rings is 1. The summed E-state index contributed by atoms with van der Waals surface area (Å²) in [5, 5.41) is 11.3. The van der Waals surface area contributed by atoms with Gasteiger partial charge in [0.05, 0.1) is 34.6 Å². The molecule has 1 amide bonds. The van der Waals surface area contributed by atoms with E-state index in [1.54, 1.807) is 35.1 Å². The second kappa shape index (κ2) is 14.3. The number of aryl methyl sites for hydroxylation is 1. The lowest BCUT2D eigenvalue weighted by atomic mass is 9.89. The van der Waals surface area contributed by atoms with E-state index in [1.165, 1.54) is 6.20 Å². The van der Waals surface area contributed by atoms with Crippen molar-refractivity contribution in [2.24, 2.45) is 0 Å². The van der Waals surface area contributed by atoms with Gasteiger partial charge >= 0.3 is 6.18 Å². The number of nitrogens with one attached hydrogen (secondary N) is 2. The number of likely N-dealkylation sites (tertiary alicyclic amines) is 1. The van der Waals surface area contributed by atoms with Crippen molar-refractivity contribution in [3.63, 3.8) is 0 Å². The van der Waals surface area contributed by atoms with E-state index in [4.69, 9.17) is 4.74 Å². The monoisotopic (exact) mass is 658 g/mol. The molecule has 8 nitrogen and oxygen atoms in total. The quantitative estimate of drug-likeness (QED) is 0.182. The number of halogens is 4. The zero-order chi connectivity index (χ0) is 33.9. The highest BCUT2D eigenvalue weighted by molar-refractivity contribution is 6.00. The summed E-state index contributed by atoms with van der Waals surface area (Å²) in [6, 6.07) is 6.35. The SMILES string of the molecule is C=C(c1nc(CCCNC(=O)c2cnn(C(C)(C)C)c2)cc2c(N[C@@H]3CCN(C4CCOCC4)C(CC)[C@@H]3F)cccc12)C(F)(F)F. The molecule has 256 valence electrons. The maximum absolute atomic E-state index is 16.1. The summed E-state index contributed by atoms with van der Waals surface area (Å²) in [4.78, 5) is 19.4. The van der Waals surface area contributed by atoms with Gasteiger partial charge in [0.15, 0.2) is 0 Å². The molecule has 47 heavy (non-hydrogen) atoms. The molecular weight excluding hydrogens is 612 g/mol. The van der Waals surface area contributed by atoms with Crippen LogP contribution in [0.2, 0.25) is 0 Å². The molecule has 2 aromatic heterocycles. The molecule has 0 radical (unpaired) electrons. The average Bonchev–Trinajstić information content (AvgIpc) is 3.55. The van der Waals surface area contributed by atoms with Crippen molar-refractivity contribution in [1.29, 1.82) is 0 Å². The third-order valence-electron chi connectivity index (χ3n) is 9.28. The fourth-order valence-electron chi connectivity index (χ4n) is 6.67. The van der Waals surface area contributed by atoms with E-state index in [1.807, 2.05) is 27.7 Å². The number of carbonyl (C=O) groups excluding carboxylic acids is 1. The number of nitrogens with zero attached hydrogens (tertiary/aromatic N) is 4. The van der Waals surface area contributed by atoms with Gasteiger partial charge in [-0.1, -0.05) is 25.6 Å². The van der Waals surface area contributed by atoms with Crippen molar-refractivity contribution in [2.45, 2.75) is 102 Å². The van der Waals surface area contributed by atoms with Crippen molar-refractivity contribution in [2.75, 3.05) is 31.6 Å². The van der Waals surface area contributed by atoms with E-state index in [0.717, 1.165) is 19.4 Å². The summed E-state index contributed by atoms with van der Waals surface area (Å²) in [7, 11) is 0. The molecule has 3 aromatic rings. The summed E-state index contributed by atoms with van der Waals surface area (Å²) in [6.45, 7) is 13.7. The summed E-state index contributed by atoms with van der Waals surface area (Å²) in [5.41, 5.74) is -0.127. The Morgan fingerprint density at radius 3 is 2.53 bits per heavy atom. The standard InChI is InChI=1S/C35H46F4N6O2/c1-6-30-31(36)29(12-16-44(30)25-13-17-47-18-14-25)43-28-11-7-10-26-27(28)19-24(42-32(26)22(2)35(37,38)39)9-8-15-40-33(46)23-20-41-45(21-23)34(3,4)5/h7,10-11,19-21,25,29-31,43H,2,6,8-9,12-18H2,1,3-5H3,(H,40,46)/t29-,30?,31-/m1/s1. The largest absolute Gasteiger partial charge is 0.417 e. The second-order valence-corrected chi connectivity index (χ2v) is 13.6.